The summed E-state index contributed by atoms with van der Waals surface area (Å²) in [6, 6.07) is 0. The number of alkyl halides is 2. The smallest absolute Gasteiger partial charge is 0.257 e. The standard InChI is InChI=1S/C6H8F2O/c1-2-5(9)3-4-6(7)8/h3-4,6H,2H2,1H3/b4-3+. The van der Waals surface area contributed by atoms with Gasteiger partial charge < -0.3 is 0 Å². The van der Waals surface area contributed by atoms with Gasteiger partial charge in [0.05, 0.1) is 0 Å². The van der Waals surface area contributed by atoms with Gasteiger partial charge in [0.2, 0.25) is 0 Å². The molecule has 0 aliphatic heterocycles. The van der Waals surface area contributed by atoms with Crippen LogP contribution in [0.5, 0.6) is 0 Å². The Bertz CT molecular complexity index is 118. The molecule has 0 saturated heterocycles. The molecular weight excluding hydrogens is 126 g/mol. The minimum absolute atomic E-state index is 0.268. The molecule has 0 fully saturated rings. The Morgan fingerprint density at radius 3 is 2.56 bits per heavy atom. The number of carbonyl (C=O) groups excluding carboxylic acids is 1. The van der Waals surface area contributed by atoms with Gasteiger partial charge in [-0.3, -0.25) is 4.79 Å². The highest BCUT2D eigenvalue weighted by molar-refractivity contribution is 5.89. The fourth-order valence-corrected chi connectivity index (χ4v) is 0.298. The molecule has 0 heterocycles. The molecule has 9 heavy (non-hydrogen) atoms. The zero-order valence-electron chi connectivity index (χ0n) is 5.10. The molecule has 0 rings (SSSR count). The van der Waals surface area contributed by atoms with Crippen molar-refractivity contribution in [3.05, 3.63) is 12.2 Å². The molecule has 0 saturated carbocycles. The van der Waals surface area contributed by atoms with E-state index in [2.05, 4.69) is 0 Å². The highest BCUT2D eigenvalue weighted by Crippen LogP contribution is 1.94. The molecule has 0 unspecified atom stereocenters. The fraction of sp³-hybridized carbons (Fsp3) is 0.500. The maximum absolute atomic E-state index is 11.3. The summed E-state index contributed by atoms with van der Waals surface area (Å²) in [7, 11) is 0. The Morgan fingerprint density at radius 1 is 1.67 bits per heavy atom. The molecule has 0 aliphatic carbocycles. The van der Waals surface area contributed by atoms with Crippen molar-refractivity contribution in [3.8, 4) is 0 Å². The number of hydrogen-bond donors (Lipinski definition) is 0. The van der Waals surface area contributed by atoms with E-state index in [0.717, 1.165) is 6.08 Å². The van der Waals surface area contributed by atoms with Crippen molar-refractivity contribution in [2.75, 3.05) is 0 Å². The number of hydrogen-bond acceptors (Lipinski definition) is 1. The van der Waals surface area contributed by atoms with Gasteiger partial charge in [-0.05, 0) is 12.2 Å². The molecule has 0 atom stereocenters. The minimum Gasteiger partial charge on any atom is -0.295 e. The van der Waals surface area contributed by atoms with E-state index in [4.69, 9.17) is 0 Å². The zero-order valence-corrected chi connectivity index (χ0v) is 5.10. The summed E-state index contributed by atoms with van der Waals surface area (Å²) in [4.78, 5) is 10.3. The first kappa shape index (κ1) is 8.27. The maximum atomic E-state index is 11.3. The van der Waals surface area contributed by atoms with Crippen molar-refractivity contribution < 1.29 is 13.6 Å². The highest BCUT2D eigenvalue weighted by atomic mass is 19.3. The predicted molar refractivity (Wildman–Crippen MR) is 30.4 cm³/mol. The Labute approximate surface area is 52.4 Å². The number of carbonyl (C=O) groups is 1. The molecule has 0 aliphatic rings. The largest absolute Gasteiger partial charge is 0.295 e. The molecule has 0 radical (unpaired) electrons. The zero-order chi connectivity index (χ0) is 7.28. The van der Waals surface area contributed by atoms with Crippen LogP contribution in [0.15, 0.2) is 12.2 Å². The van der Waals surface area contributed by atoms with Gasteiger partial charge in [0.1, 0.15) is 0 Å². The molecule has 0 aromatic rings. The fourth-order valence-electron chi connectivity index (χ4n) is 0.298. The van der Waals surface area contributed by atoms with Crippen LogP contribution in [-0.4, -0.2) is 12.2 Å². The van der Waals surface area contributed by atoms with E-state index in [9.17, 15) is 13.6 Å². The van der Waals surface area contributed by atoms with E-state index >= 15 is 0 Å². The van der Waals surface area contributed by atoms with Gasteiger partial charge in [0.25, 0.3) is 6.43 Å². The number of rotatable bonds is 3. The Hall–Kier alpha value is -0.730. The third-order valence-corrected chi connectivity index (χ3v) is 0.776. The van der Waals surface area contributed by atoms with Crippen LogP contribution in [0.1, 0.15) is 13.3 Å². The maximum Gasteiger partial charge on any atom is 0.257 e. The van der Waals surface area contributed by atoms with Crippen molar-refractivity contribution in [1.82, 2.24) is 0 Å². The normalized spacial score (nSPS) is 11.1. The van der Waals surface area contributed by atoms with Crippen molar-refractivity contribution in [2.45, 2.75) is 19.8 Å². The van der Waals surface area contributed by atoms with Crippen LogP contribution in [0.25, 0.3) is 0 Å². The van der Waals surface area contributed by atoms with Crippen molar-refractivity contribution in [1.29, 1.82) is 0 Å². The van der Waals surface area contributed by atoms with Crippen molar-refractivity contribution in [3.63, 3.8) is 0 Å². The average molecular weight is 134 g/mol. The lowest BCUT2D eigenvalue weighted by Gasteiger charge is -1.84. The van der Waals surface area contributed by atoms with E-state index in [1.54, 1.807) is 6.92 Å². The minimum atomic E-state index is -2.51. The Morgan fingerprint density at radius 2 is 2.22 bits per heavy atom. The molecule has 0 N–H and O–H groups in total. The first-order valence-electron chi connectivity index (χ1n) is 2.66. The van der Waals surface area contributed by atoms with Gasteiger partial charge in [0, 0.05) is 6.42 Å². The molecule has 0 aromatic carbocycles. The second-order valence-corrected chi connectivity index (χ2v) is 1.51. The van der Waals surface area contributed by atoms with E-state index in [1.807, 2.05) is 0 Å². The summed E-state index contributed by atoms with van der Waals surface area (Å²) in [6.45, 7) is 1.62. The second-order valence-electron chi connectivity index (χ2n) is 1.51. The predicted octanol–water partition coefficient (Wildman–Crippen LogP) is 1.79. The highest BCUT2D eigenvalue weighted by Gasteiger charge is 1.95. The van der Waals surface area contributed by atoms with E-state index in [-0.39, 0.29) is 12.2 Å². The third-order valence-electron chi connectivity index (χ3n) is 0.776. The molecular formula is C6H8F2O. The van der Waals surface area contributed by atoms with E-state index in [0.29, 0.717) is 6.08 Å². The van der Waals surface area contributed by atoms with Gasteiger partial charge in [-0.2, -0.15) is 0 Å². The van der Waals surface area contributed by atoms with Crippen LogP contribution >= 0.6 is 0 Å². The Kier molecular flexibility index (Phi) is 3.84. The van der Waals surface area contributed by atoms with Crippen LogP contribution in [0.3, 0.4) is 0 Å². The Balaban J connectivity index is 3.57. The van der Waals surface area contributed by atoms with Gasteiger partial charge in [-0.15, -0.1) is 0 Å². The van der Waals surface area contributed by atoms with Gasteiger partial charge in [-0.1, -0.05) is 6.92 Å². The number of ketones is 1. The summed E-state index contributed by atoms with van der Waals surface area (Å²) in [5.41, 5.74) is 0. The summed E-state index contributed by atoms with van der Waals surface area (Å²) >= 11 is 0. The molecule has 52 valence electrons. The van der Waals surface area contributed by atoms with Gasteiger partial charge >= 0.3 is 0 Å². The first-order chi connectivity index (χ1) is 4.16. The van der Waals surface area contributed by atoms with E-state index in [1.165, 1.54) is 0 Å². The molecule has 1 nitrogen and oxygen atoms in total. The van der Waals surface area contributed by atoms with Crippen LogP contribution in [0.2, 0.25) is 0 Å². The molecule has 0 bridgehead atoms. The van der Waals surface area contributed by atoms with Crippen LogP contribution in [0, 0.1) is 0 Å². The third kappa shape index (κ3) is 5.14. The lowest BCUT2D eigenvalue weighted by molar-refractivity contribution is -0.114. The number of halogens is 2. The summed E-state index contributed by atoms with van der Waals surface area (Å²) in [5.74, 6) is -0.268. The SMILES string of the molecule is CCC(=O)/C=C/C(F)F. The van der Waals surface area contributed by atoms with Crippen molar-refractivity contribution in [2.24, 2.45) is 0 Å². The molecule has 0 amide bonds. The van der Waals surface area contributed by atoms with Crippen molar-refractivity contribution >= 4 is 5.78 Å². The quantitative estimate of drug-likeness (QED) is 0.538. The molecule has 3 heteroatoms. The second kappa shape index (κ2) is 4.18. The summed E-state index contributed by atoms with van der Waals surface area (Å²) in [6.07, 6.45) is -0.736. The lowest BCUT2D eigenvalue weighted by atomic mass is 10.3. The molecule has 0 aromatic heterocycles. The number of allylic oxidation sites excluding steroid dienone is 2. The van der Waals surface area contributed by atoms with Gasteiger partial charge in [0.15, 0.2) is 5.78 Å². The van der Waals surface area contributed by atoms with Crippen LogP contribution in [-0.2, 0) is 4.79 Å². The first-order valence-corrected chi connectivity index (χ1v) is 2.66. The molecule has 0 spiro atoms. The summed E-state index contributed by atoms with van der Waals surface area (Å²) < 4.78 is 22.6. The van der Waals surface area contributed by atoms with Crippen LogP contribution < -0.4 is 0 Å². The summed E-state index contributed by atoms with van der Waals surface area (Å²) in [5, 5.41) is 0. The van der Waals surface area contributed by atoms with Crippen LogP contribution in [0.4, 0.5) is 8.78 Å². The van der Waals surface area contributed by atoms with E-state index < -0.39 is 6.43 Å². The monoisotopic (exact) mass is 134 g/mol. The topological polar surface area (TPSA) is 17.1 Å². The van der Waals surface area contributed by atoms with Gasteiger partial charge in [-0.25, -0.2) is 8.78 Å². The lowest BCUT2D eigenvalue weighted by Crippen LogP contribution is -1.90. The average Bonchev–Trinajstić information content (AvgIpc) is 1.83.